The van der Waals surface area contributed by atoms with E-state index in [0.717, 1.165) is 6.42 Å². The molecule has 0 bridgehead atoms. The fourth-order valence-corrected chi connectivity index (χ4v) is 5.34. The number of piperidine rings is 1. The van der Waals surface area contributed by atoms with Gasteiger partial charge in [0.05, 0.1) is 7.11 Å². The quantitative estimate of drug-likeness (QED) is 0.658. The number of ether oxygens (including phenoxy) is 2. The molecule has 0 atom stereocenters. The van der Waals surface area contributed by atoms with Gasteiger partial charge in [-0.25, -0.2) is 0 Å². The molecule has 1 saturated heterocycles. The van der Waals surface area contributed by atoms with Gasteiger partial charge >= 0.3 is 0 Å². The Morgan fingerprint density at radius 3 is 2.47 bits per heavy atom. The highest BCUT2D eigenvalue weighted by Gasteiger charge is 2.35. The fourth-order valence-electron chi connectivity index (χ4n) is 3.85. The molecule has 9 heteroatoms. The molecule has 0 spiro atoms. The average molecular weight is 436 g/mol. The first-order valence-corrected chi connectivity index (χ1v) is 11.5. The maximum atomic E-state index is 12.7. The summed E-state index contributed by atoms with van der Waals surface area (Å²) in [5.41, 5.74) is 1.24. The van der Waals surface area contributed by atoms with Crippen molar-refractivity contribution in [1.29, 1.82) is 0 Å². The van der Waals surface area contributed by atoms with E-state index in [0.29, 0.717) is 61.8 Å². The second-order valence-electron chi connectivity index (χ2n) is 7.47. The minimum Gasteiger partial charge on any atom is -0.497 e. The van der Waals surface area contributed by atoms with Crippen molar-refractivity contribution in [3.05, 3.63) is 35.4 Å². The molecule has 0 unspecified atom stereocenters. The maximum absolute atomic E-state index is 12.7. The first kappa shape index (κ1) is 22.3. The second-order valence-corrected chi connectivity index (χ2v) is 9.01. The molecule has 2 heterocycles. The van der Waals surface area contributed by atoms with E-state index in [-0.39, 0.29) is 16.7 Å². The van der Waals surface area contributed by atoms with Crippen molar-refractivity contribution in [2.24, 2.45) is 10.3 Å². The summed E-state index contributed by atoms with van der Waals surface area (Å²) in [6, 6.07) is 6.93. The van der Waals surface area contributed by atoms with Crippen molar-refractivity contribution in [1.82, 2.24) is 10.2 Å². The molecule has 1 amide bonds. The fraction of sp³-hybridized carbons (Fsp3) is 0.524. The summed E-state index contributed by atoms with van der Waals surface area (Å²) < 4.78 is 39.7. The van der Waals surface area contributed by atoms with Gasteiger partial charge in [0, 0.05) is 44.8 Å². The van der Waals surface area contributed by atoms with E-state index < -0.39 is 10.0 Å². The highest BCUT2D eigenvalue weighted by molar-refractivity contribution is 8.00. The normalized spacial score (nSPS) is 19.0. The molecule has 0 radical (unpaired) electrons. The molecule has 3 rings (SSSR count). The molecule has 0 aromatic heterocycles. The molecule has 1 fully saturated rings. The third kappa shape index (κ3) is 4.84. The van der Waals surface area contributed by atoms with Crippen molar-refractivity contribution < 1.29 is 22.7 Å². The Labute approximate surface area is 178 Å². The van der Waals surface area contributed by atoms with Gasteiger partial charge in [0.2, 0.25) is 5.91 Å². The number of amides is 1. The lowest BCUT2D eigenvalue weighted by Crippen LogP contribution is -2.43. The number of likely N-dealkylation sites (tertiary alicyclic amines) is 1. The van der Waals surface area contributed by atoms with Gasteiger partial charge in [0.25, 0.3) is 10.0 Å². The van der Waals surface area contributed by atoms with Crippen LogP contribution in [0.4, 0.5) is 0 Å². The summed E-state index contributed by atoms with van der Waals surface area (Å²) >= 11 is 0. The molecule has 2 aliphatic heterocycles. The summed E-state index contributed by atoms with van der Waals surface area (Å²) in [6.07, 6.45) is 2.12. The molecule has 8 nitrogen and oxygen atoms in total. The zero-order valence-electron chi connectivity index (χ0n) is 17.7. The lowest BCUT2D eigenvalue weighted by Gasteiger charge is -2.32. The van der Waals surface area contributed by atoms with Crippen LogP contribution in [0.3, 0.4) is 0 Å². The van der Waals surface area contributed by atoms with Crippen LogP contribution < -0.4 is 10.1 Å². The third-order valence-corrected chi connectivity index (χ3v) is 6.95. The molecule has 1 aromatic carbocycles. The smallest absolute Gasteiger partial charge is 0.285 e. The summed E-state index contributed by atoms with van der Waals surface area (Å²) in [4.78, 5) is 14.5. The highest BCUT2D eigenvalue weighted by Crippen LogP contribution is 2.35. The van der Waals surface area contributed by atoms with Gasteiger partial charge in [-0.1, -0.05) is 0 Å². The largest absolute Gasteiger partial charge is 0.497 e. The number of rotatable bonds is 7. The molecular formula is C21H29N3O5S. The van der Waals surface area contributed by atoms with Crippen LogP contribution in [-0.2, 0) is 19.6 Å². The van der Waals surface area contributed by atoms with E-state index in [1.54, 1.807) is 45.4 Å². The van der Waals surface area contributed by atoms with Gasteiger partial charge in [-0.2, -0.15) is 8.42 Å². The molecule has 164 valence electrons. The first-order valence-electron chi connectivity index (χ1n) is 10.1. The van der Waals surface area contributed by atoms with Crippen molar-refractivity contribution in [2.75, 3.05) is 40.5 Å². The summed E-state index contributed by atoms with van der Waals surface area (Å²) in [7, 11) is -0.556. The van der Waals surface area contributed by atoms with E-state index in [4.69, 9.17) is 9.47 Å². The van der Waals surface area contributed by atoms with Crippen LogP contribution >= 0.6 is 0 Å². The van der Waals surface area contributed by atoms with Crippen LogP contribution in [0, 0.1) is 5.92 Å². The van der Waals surface area contributed by atoms with Crippen LogP contribution in [0.15, 0.2) is 34.2 Å². The van der Waals surface area contributed by atoms with Crippen molar-refractivity contribution >= 4 is 26.7 Å². The Hall–Kier alpha value is -2.39. The standard InChI is InChI=1S/C21H29N3O5S/c1-15-19(16-5-7-18(29-3)8-6-16)30(26,27)23-20(15)24-12-9-17(10-13-24)21(25)22-11-4-14-28-2/h5-8,17H,4,9-14H2,1-3H3,(H,22,25). The van der Waals surface area contributed by atoms with Crippen LogP contribution in [0.5, 0.6) is 5.75 Å². The van der Waals surface area contributed by atoms with E-state index in [9.17, 15) is 13.2 Å². The molecule has 30 heavy (non-hydrogen) atoms. The Morgan fingerprint density at radius 1 is 1.20 bits per heavy atom. The van der Waals surface area contributed by atoms with Crippen molar-refractivity contribution in [3.63, 3.8) is 0 Å². The Bertz CT molecular complexity index is 930. The van der Waals surface area contributed by atoms with E-state index in [1.165, 1.54) is 0 Å². The Morgan fingerprint density at radius 2 is 1.87 bits per heavy atom. The Balaban J connectivity index is 1.67. The van der Waals surface area contributed by atoms with Gasteiger partial charge in [-0.05, 0) is 56.0 Å². The van der Waals surface area contributed by atoms with E-state index >= 15 is 0 Å². The van der Waals surface area contributed by atoms with Crippen LogP contribution in [0.1, 0.15) is 31.7 Å². The number of benzene rings is 1. The minimum atomic E-state index is -3.76. The summed E-state index contributed by atoms with van der Waals surface area (Å²) in [6.45, 7) is 4.20. The maximum Gasteiger partial charge on any atom is 0.285 e. The van der Waals surface area contributed by atoms with E-state index in [2.05, 4.69) is 9.71 Å². The predicted molar refractivity (Wildman–Crippen MR) is 116 cm³/mol. The number of carbonyl (C=O) groups is 1. The zero-order chi connectivity index (χ0) is 21.7. The SMILES string of the molecule is COCCCNC(=O)C1CCN(C2=NS(=O)(=O)C(c3ccc(OC)cc3)=C2C)CC1. The summed E-state index contributed by atoms with van der Waals surface area (Å²) in [5.74, 6) is 1.14. The zero-order valence-corrected chi connectivity index (χ0v) is 18.5. The number of sulfonamides is 1. The lowest BCUT2D eigenvalue weighted by molar-refractivity contribution is -0.126. The second kappa shape index (κ2) is 9.61. The monoisotopic (exact) mass is 435 g/mol. The topological polar surface area (TPSA) is 97.3 Å². The molecule has 2 aliphatic rings. The number of nitrogens with zero attached hydrogens (tertiary/aromatic N) is 2. The van der Waals surface area contributed by atoms with Gasteiger partial charge in [0.15, 0.2) is 0 Å². The molecule has 1 aromatic rings. The van der Waals surface area contributed by atoms with Crippen molar-refractivity contribution in [3.8, 4) is 5.75 Å². The van der Waals surface area contributed by atoms with Crippen LogP contribution in [-0.4, -0.2) is 65.5 Å². The predicted octanol–water partition coefficient (Wildman–Crippen LogP) is 2.03. The number of nitrogens with one attached hydrogen (secondary N) is 1. The third-order valence-electron chi connectivity index (χ3n) is 5.48. The highest BCUT2D eigenvalue weighted by atomic mass is 32.2. The number of amidine groups is 1. The van der Waals surface area contributed by atoms with Crippen LogP contribution in [0.2, 0.25) is 0 Å². The molecular weight excluding hydrogens is 406 g/mol. The van der Waals surface area contributed by atoms with Gasteiger partial charge < -0.3 is 19.7 Å². The first-order chi connectivity index (χ1) is 14.4. The average Bonchev–Trinajstić information content (AvgIpc) is 3.00. The number of methoxy groups -OCH3 is 2. The van der Waals surface area contributed by atoms with E-state index in [1.807, 2.05) is 4.90 Å². The number of hydrogen-bond acceptors (Lipinski definition) is 6. The van der Waals surface area contributed by atoms with Gasteiger partial charge in [-0.15, -0.1) is 4.40 Å². The minimum absolute atomic E-state index is 0.0536. The Kier molecular flexibility index (Phi) is 7.14. The van der Waals surface area contributed by atoms with Crippen LogP contribution in [0.25, 0.3) is 4.91 Å². The van der Waals surface area contributed by atoms with Gasteiger partial charge in [0.1, 0.15) is 16.5 Å². The molecule has 0 saturated carbocycles. The summed E-state index contributed by atoms with van der Waals surface area (Å²) in [5, 5.41) is 2.95. The number of carbonyl (C=O) groups excluding carboxylic acids is 1. The number of hydrogen-bond donors (Lipinski definition) is 1. The lowest BCUT2D eigenvalue weighted by atomic mass is 9.95. The molecule has 0 aliphatic carbocycles. The van der Waals surface area contributed by atoms with Gasteiger partial charge in [-0.3, -0.25) is 4.79 Å². The van der Waals surface area contributed by atoms with Crippen molar-refractivity contribution in [2.45, 2.75) is 26.2 Å². The molecule has 1 N–H and O–H groups in total.